The molecule has 0 fully saturated rings. The van der Waals surface area contributed by atoms with Gasteiger partial charge in [-0.2, -0.15) is 9.97 Å². The Morgan fingerprint density at radius 1 is 1.06 bits per heavy atom. The highest BCUT2D eigenvalue weighted by molar-refractivity contribution is 7.93. The second-order valence-corrected chi connectivity index (χ2v) is 9.94. The maximum Gasteiger partial charge on any atom is 0.324 e. The summed E-state index contributed by atoms with van der Waals surface area (Å²) in [4.78, 5) is 20.8. The van der Waals surface area contributed by atoms with E-state index >= 15 is 0 Å². The van der Waals surface area contributed by atoms with Crippen molar-refractivity contribution in [1.29, 1.82) is 0 Å². The fraction of sp³-hybridized carbons (Fsp3) is 0.318. The highest BCUT2D eigenvalue weighted by atomic mass is 32.2. The molecule has 0 spiro atoms. The van der Waals surface area contributed by atoms with Crippen LogP contribution in [0.4, 0.5) is 5.82 Å². The molecule has 0 amide bonds. The van der Waals surface area contributed by atoms with Gasteiger partial charge in [-0.1, -0.05) is 6.07 Å². The van der Waals surface area contributed by atoms with Gasteiger partial charge in [-0.05, 0) is 51.5 Å². The van der Waals surface area contributed by atoms with Crippen molar-refractivity contribution in [2.45, 2.75) is 32.9 Å². The van der Waals surface area contributed by atoms with Crippen LogP contribution in [0.15, 0.2) is 41.3 Å². The Kier molecular flexibility index (Phi) is 6.54. The fourth-order valence-electron chi connectivity index (χ4n) is 2.91. The van der Waals surface area contributed by atoms with Crippen LogP contribution < -0.4 is 19.8 Å². The lowest BCUT2D eigenvalue weighted by Crippen LogP contribution is -2.23. The molecule has 9 nitrogen and oxygen atoms in total. The number of benzene rings is 1. The first kappa shape index (κ1) is 23.3. The molecule has 2 aromatic heterocycles. The third-order valence-corrected chi connectivity index (χ3v) is 6.49. The smallest absolute Gasteiger partial charge is 0.324 e. The molecule has 1 N–H and O–H groups in total. The van der Waals surface area contributed by atoms with Gasteiger partial charge >= 0.3 is 6.01 Å². The highest BCUT2D eigenvalue weighted by Gasteiger charge is 2.19. The number of nitrogens with zero attached hydrogens (tertiary/aromatic N) is 3. The molecule has 10 heteroatoms. The van der Waals surface area contributed by atoms with Crippen molar-refractivity contribution >= 4 is 15.8 Å². The van der Waals surface area contributed by atoms with E-state index in [4.69, 9.17) is 9.47 Å². The molecule has 2 heterocycles. The Morgan fingerprint density at radius 3 is 2.41 bits per heavy atom. The third-order valence-electron chi connectivity index (χ3n) is 4.75. The maximum atomic E-state index is 12.4. The van der Waals surface area contributed by atoms with Crippen LogP contribution in [0.5, 0.6) is 17.5 Å². The van der Waals surface area contributed by atoms with Crippen molar-refractivity contribution in [3.63, 3.8) is 0 Å². The van der Waals surface area contributed by atoms with Crippen LogP contribution in [-0.4, -0.2) is 35.3 Å². The van der Waals surface area contributed by atoms with Gasteiger partial charge in [0.2, 0.25) is 10.0 Å². The Labute approximate surface area is 187 Å². The molecule has 0 radical (unpaired) electrons. The number of aryl methyl sites for hydroxylation is 3. The van der Waals surface area contributed by atoms with Crippen LogP contribution in [0.2, 0.25) is 0 Å². The second-order valence-electron chi connectivity index (χ2n) is 7.70. The summed E-state index contributed by atoms with van der Waals surface area (Å²) in [5.41, 5.74) is 2.33. The predicted molar refractivity (Wildman–Crippen MR) is 123 cm³/mol. The summed E-state index contributed by atoms with van der Waals surface area (Å²) in [5.74, 6) is 0.919. The number of rotatable bonds is 7. The molecule has 170 valence electrons. The summed E-state index contributed by atoms with van der Waals surface area (Å²) in [6, 6.07) is 8.51. The van der Waals surface area contributed by atoms with Crippen LogP contribution in [0, 0.1) is 13.8 Å². The van der Waals surface area contributed by atoms with Crippen LogP contribution in [0.25, 0.3) is 11.3 Å². The number of hydrogen-bond acceptors (Lipinski definition) is 7. The first-order chi connectivity index (χ1) is 15.0. The van der Waals surface area contributed by atoms with E-state index in [1.807, 2.05) is 13.0 Å². The molecule has 3 rings (SSSR count). The van der Waals surface area contributed by atoms with Gasteiger partial charge in [0, 0.05) is 30.4 Å². The predicted octanol–water partition coefficient (Wildman–Crippen LogP) is 3.41. The van der Waals surface area contributed by atoms with Crippen LogP contribution in [0.3, 0.4) is 0 Å². The van der Waals surface area contributed by atoms with E-state index in [1.165, 1.54) is 17.7 Å². The topological polar surface area (TPSA) is 112 Å². The van der Waals surface area contributed by atoms with Gasteiger partial charge in [-0.15, -0.1) is 0 Å². The molecule has 0 saturated carbocycles. The van der Waals surface area contributed by atoms with Gasteiger partial charge in [-0.25, -0.2) is 8.42 Å². The van der Waals surface area contributed by atoms with Crippen molar-refractivity contribution in [2.75, 3.05) is 11.8 Å². The van der Waals surface area contributed by atoms with E-state index in [0.29, 0.717) is 28.3 Å². The second kappa shape index (κ2) is 8.99. The number of hydrogen-bond donors (Lipinski definition) is 1. The quantitative estimate of drug-likeness (QED) is 0.577. The van der Waals surface area contributed by atoms with Crippen LogP contribution in [0.1, 0.15) is 25.0 Å². The minimum absolute atomic E-state index is 0.0526. The zero-order valence-corrected chi connectivity index (χ0v) is 19.6. The lowest BCUT2D eigenvalue weighted by molar-refractivity contribution is 0.368. The Bertz CT molecular complexity index is 1290. The van der Waals surface area contributed by atoms with Gasteiger partial charge in [0.25, 0.3) is 5.56 Å². The Balaban J connectivity index is 2.15. The van der Waals surface area contributed by atoms with Crippen LogP contribution >= 0.6 is 0 Å². The molecule has 0 aliphatic carbocycles. The van der Waals surface area contributed by atoms with E-state index in [2.05, 4.69) is 14.7 Å². The molecule has 0 saturated heterocycles. The van der Waals surface area contributed by atoms with Crippen molar-refractivity contribution in [1.82, 2.24) is 14.5 Å². The van der Waals surface area contributed by atoms with E-state index in [9.17, 15) is 13.2 Å². The lowest BCUT2D eigenvalue weighted by atomic mass is 10.1. The third kappa shape index (κ3) is 5.08. The first-order valence-electron chi connectivity index (χ1n) is 9.91. The minimum Gasteiger partial charge on any atom is -0.493 e. The maximum absolute atomic E-state index is 12.4. The van der Waals surface area contributed by atoms with Crippen molar-refractivity contribution < 1.29 is 17.9 Å². The molecular formula is C22H26N4O5S. The standard InChI is InChI=1S/C22H26N4O5S/c1-13(2)32(28,29)25-20-11-17(16-10-15(4)21(27)26(5)12-16)23-22(24-20)31-19-9-14(3)7-8-18(19)30-6/h7-13H,1-6H3,(H,23,24,25). The molecular weight excluding hydrogens is 432 g/mol. The van der Waals surface area contributed by atoms with Gasteiger partial charge in [0.1, 0.15) is 5.82 Å². The molecule has 3 aromatic rings. The fourth-order valence-corrected chi connectivity index (χ4v) is 3.55. The number of sulfonamides is 1. The van der Waals surface area contributed by atoms with Crippen molar-refractivity contribution in [2.24, 2.45) is 7.05 Å². The summed E-state index contributed by atoms with van der Waals surface area (Å²) < 4.78 is 40.0. The van der Waals surface area contributed by atoms with Crippen molar-refractivity contribution in [3.8, 4) is 28.8 Å². The number of methoxy groups -OCH3 is 1. The SMILES string of the molecule is COc1ccc(C)cc1Oc1nc(NS(=O)(=O)C(C)C)cc(-c2cc(C)c(=O)n(C)c2)n1. The monoisotopic (exact) mass is 458 g/mol. The zero-order valence-electron chi connectivity index (χ0n) is 18.8. The zero-order chi connectivity index (χ0) is 23.6. The van der Waals surface area contributed by atoms with Gasteiger partial charge in [0.15, 0.2) is 11.5 Å². The van der Waals surface area contributed by atoms with Crippen LogP contribution in [-0.2, 0) is 17.1 Å². The van der Waals surface area contributed by atoms with Gasteiger partial charge in [0.05, 0.1) is 18.1 Å². The Morgan fingerprint density at radius 2 is 1.78 bits per heavy atom. The number of anilines is 1. The van der Waals surface area contributed by atoms with Gasteiger partial charge in [-0.3, -0.25) is 9.52 Å². The summed E-state index contributed by atoms with van der Waals surface area (Å²) in [6.45, 7) is 6.73. The number of nitrogens with one attached hydrogen (secondary N) is 1. The molecule has 0 aliphatic heterocycles. The molecule has 0 unspecified atom stereocenters. The van der Waals surface area contributed by atoms with E-state index in [1.54, 1.807) is 52.2 Å². The molecule has 32 heavy (non-hydrogen) atoms. The van der Waals surface area contributed by atoms with Crippen molar-refractivity contribution in [3.05, 3.63) is 58.0 Å². The molecule has 1 aromatic carbocycles. The number of ether oxygens (including phenoxy) is 2. The molecule has 0 bridgehead atoms. The van der Waals surface area contributed by atoms with E-state index < -0.39 is 15.3 Å². The highest BCUT2D eigenvalue weighted by Crippen LogP contribution is 2.32. The number of aromatic nitrogens is 3. The Hall–Kier alpha value is -3.40. The van der Waals surface area contributed by atoms with E-state index in [-0.39, 0.29) is 17.4 Å². The number of pyridine rings is 1. The molecule has 0 aliphatic rings. The average molecular weight is 459 g/mol. The summed E-state index contributed by atoms with van der Waals surface area (Å²) >= 11 is 0. The molecule has 0 atom stereocenters. The first-order valence-corrected chi connectivity index (χ1v) is 11.5. The normalized spacial score (nSPS) is 11.5. The minimum atomic E-state index is -3.66. The average Bonchev–Trinajstić information content (AvgIpc) is 2.71. The lowest BCUT2D eigenvalue weighted by Gasteiger charge is -2.14. The summed E-state index contributed by atoms with van der Waals surface area (Å²) in [5, 5.41) is -0.665. The largest absolute Gasteiger partial charge is 0.493 e. The summed E-state index contributed by atoms with van der Waals surface area (Å²) in [7, 11) is -0.504. The summed E-state index contributed by atoms with van der Waals surface area (Å²) in [6.07, 6.45) is 1.62. The van der Waals surface area contributed by atoms with Gasteiger partial charge < -0.3 is 14.0 Å². The van der Waals surface area contributed by atoms with E-state index in [0.717, 1.165) is 5.56 Å².